The van der Waals surface area contributed by atoms with E-state index in [2.05, 4.69) is 25.3 Å². The minimum atomic E-state index is -0.868. The summed E-state index contributed by atoms with van der Waals surface area (Å²) in [7, 11) is 1.20. The van der Waals surface area contributed by atoms with E-state index < -0.39 is 41.9 Å². The molecule has 0 radical (unpaired) electrons. The maximum Gasteiger partial charge on any atom is 0.414 e. The summed E-state index contributed by atoms with van der Waals surface area (Å²) in [5, 5.41) is 5.08. The van der Waals surface area contributed by atoms with Gasteiger partial charge in [0.2, 0.25) is 11.7 Å². The Labute approximate surface area is 244 Å². The van der Waals surface area contributed by atoms with Crippen LogP contribution in [0.5, 0.6) is 0 Å². The fourth-order valence-corrected chi connectivity index (χ4v) is 4.99. The first-order chi connectivity index (χ1) is 20.6. The van der Waals surface area contributed by atoms with Gasteiger partial charge in [0.15, 0.2) is 5.83 Å². The molecule has 0 spiro atoms. The van der Waals surface area contributed by atoms with Gasteiger partial charge in [-0.3, -0.25) is 18.9 Å². The molecule has 2 aromatic rings. The van der Waals surface area contributed by atoms with E-state index in [1.807, 2.05) is 0 Å². The summed E-state index contributed by atoms with van der Waals surface area (Å²) in [4.78, 5) is 61.8. The van der Waals surface area contributed by atoms with E-state index in [4.69, 9.17) is 4.74 Å². The van der Waals surface area contributed by atoms with Crippen LogP contribution >= 0.6 is 0 Å². The summed E-state index contributed by atoms with van der Waals surface area (Å²) >= 11 is 0. The molecule has 16 heteroatoms. The highest BCUT2D eigenvalue weighted by molar-refractivity contribution is 5.96. The normalized spacial score (nSPS) is 19.9. The first-order valence-corrected chi connectivity index (χ1v) is 13.5. The Balaban J connectivity index is 1.16. The summed E-state index contributed by atoms with van der Waals surface area (Å²) in [5.41, 5.74) is 0.00868. The molecule has 0 saturated carbocycles. The number of piperazine rings is 1. The van der Waals surface area contributed by atoms with Crippen LogP contribution in [0.2, 0.25) is 0 Å². The number of nitrogens with zero attached hydrogens (tertiary/aromatic N) is 6. The number of ether oxygens (including phenoxy) is 2. The van der Waals surface area contributed by atoms with Crippen LogP contribution in [0.3, 0.4) is 0 Å². The van der Waals surface area contributed by atoms with Crippen LogP contribution in [0.4, 0.5) is 18.4 Å². The molecule has 2 unspecified atom stereocenters. The molecule has 2 aliphatic heterocycles. The Hall–Kier alpha value is -5.02. The quantitative estimate of drug-likeness (QED) is 0.482. The molecule has 2 fully saturated rings. The average molecular weight is 601 g/mol. The lowest BCUT2D eigenvalue weighted by molar-refractivity contribution is -0.134. The van der Waals surface area contributed by atoms with Crippen LogP contribution in [0.15, 0.2) is 59.9 Å². The number of imidazole rings is 1. The predicted octanol–water partition coefficient (Wildman–Crippen LogP) is 1.49. The molecule has 2 aromatic heterocycles. The van der Waals surface area contributed by atoms with Crippen LogP contribution in [0.1, 0.15) is 23.8 Å². The molecule has 5 rings (SSSR count). The number of methoxy groups -OCH3 is 1. The maximum absolute atomic E-state index is 15.4. The molecular formula is C27H30F2N8O6. The van der Waals surface area contributed by atoms with Gasteiger partial charge < -0.3 is 29.9 Å². The van der Waals surface area contributed by atoms with Crippen LogP contribution in [0.25, 0.3) is 5.78 Å². The average Bonchev–Trinajstić information content (AvgIpc) is 3.57. The molecule has 2 saturated heterocycles. The number of allylic oxidation sites excluding steroid dienone is 4. The topological polar surface area (TPSA) is 151 Å². The van der Waals surface area contributed by atoms with Crippen molar-refractivity contribution in [1.29, 1.82) is 0 Å². The number of alkyl carbamates (subject to hydrolysis) is 1. The zero-order chi connectivity index (χ0) is 30.7. The molecule has 228 valence electrons. The molecular weight excluding hydrogens is 570 g/mol. The minimum absolute atomic E-state index is 0.00441. The van der Waals surface area contributed by atoms with E-state index >= 15 is 8.78 Å². The predicted molar refractivity (Wildman–Crippen MR) is 145 cm³/mol. The largest absolute Gasteiger partial charge is 0.453 e. The number of cyclic esters (lactones) is 1. The third kappa shape index (κ3) is 6.42. The van der Waals surface area contributed by atoms with Crippen molar-refractivity contribution in [3.63, 3.8) is 0 Å². The zero-order valence-corrected chi connectivity index (χ0v) is 23.5. The molecule has 2 atom stereocenters. The van der Waals surface area contributed by atoms with Crippen molar-refractivity contribution in [3.8, 4) is 0 Å². The molecule has 14 nitrogen and oxygen atoms in total. The molecule has 43 heavy (non-hydrogen) atoms. The van der Waals surface area contributed by atoms with Gasteiger partial charge in [-0.25, -0.2) is 28.3 Å². The van der Waals surface area contributed by atoms with Crippen molar-refractivity contribution >= 4 is 29.8 Å². The number of hydrogen-bond acceptors (Lipinski definition) is 9. The fraction of sp³-hybridized carbons (Fsp3) is 0.407. The van der Waals surface area contributed by atoms with E-state index in [0.29, 0.717) is 5.78 Å². The third-order valence-corrected chi connectivity index (χ3v) is 7.19. The highest BCUT2D eigenvalue weighted by Gasteiger charge is 2.35. The van der Waals surface area contributed by atoms with Gasteiger partial charge in [-0.2, -0.15) is 0 Å². The number of rotatable bonds is 7. The summed E-state index contributed by atoms with van der Waals surface area (Å²) in [6.45, 7) is 2.23. The van der Waals surface area contributed by atoms with Crippen LogP contribution in [-0.2, 0) is 14.3 Å². The Kier molecular flexibility index (Phi) is 8.54. The molecule has 1 aliphatic carbocycles. The van der Waals surface area contributed by atoms with Crippen LogP contribution in [0, 0.1) is 0 Å². The first-order valence-electron chi connectivity index (χ1n) is 13.5. The number of carbonyl (C=O) groups excluding carboxylic acids is 4. The third-order valence-electron chi connectivity index (χ3n) is 7.19. The zero-order valence-electron chi connectivity index (χ0n) is 23.5. The lowest BCUT2D eigenvalue weighted by Gasteiger charge is -2.38. The Bertz CT molecular complexity index is 1500. The van der Waals surface area contributed by atoms with Gasteiger partial charge in [-0.05, 0) is 19.1 Å². The SMILES string of the molecule is COC(=O)NCC1CN(C2=CCC(F)=C(N3CCN(C(=O)C(C)NC(=O)c4cn5cccnc5n4)CC3)C(F)=C2)C(=O)O1. The number of nitrogens with one attached hydrogen (secondary N) is 2. The fourth-order valence-electron chi connectivity index (χ4n) is 4.99. The van der Waals surface area contributed by atoms with Gasteiger partial charge in [0.05, 0.1) is 20.2 Å². The number of aromatic nitrogens is 3. The van der Waals surface area contributed by atoms with Crippen molar-refractivity contribution in [2.75, 3.05) is 46.4 Å². The van der Waals surface area contributed by atoms with Gasteiger partial charge in [0.1, 0.15) is 29.4 Å². The van der Waals surface area contributed by atoms with E-state index in [-0.39, 0.29) is 68.7 Å². The number of carbonyl (C=O) groups is 4. The molecule has 3 aliphatic rings. The summed E-state index contributed by atoms with van der Waals surface area (Å²) in [6, 6.07) is 0.838. The highest BCUT2D eigenvalue weighted by atomic mass is 19.1. The second-order valence-electron chi connectivity index (χ2n) is 10.0. The Morgan fingerprint density at radius 2 is 1.98 bits per heavy atom. The van der Waals surface area contributed by atoms with Gasteiger partial charge in [0, 0.05) is 56.9 Å². The van der Waals surface area contributed by atoms with Crippen molar-refractivity contribution in [2.45, 2.75) is 25.5 Å². The van der Waals surface area contributed by atoms with Crippen molar-refractivity contribution in [2.24, 2.45) is 0 Å². The Morgan fingerprint density at radius 3 is 2.70 bits per heavy atom. The second-order valence-corrected chi connectivity index (χ2v) is 10.0. The first kappa shape index (κ1) is 29.5. The van der Waals surface area contributed by atoms with Crippen molar-refractivity contribution in [3.05, 3.63) is 65.6 Å². The number of fused-ring (bicyclic) bond motifs is 1. The van der Waals surface area contributed by atoms with Crippen molar-refractivity contribution < 1.29 is 37.4 Å². The maximum atomic E-state index is 15.4. The molecule has 2 N–H and O–H groups in total. The lowest BCUT2D eigenvalue weighted by Crippen LogP contribution is -2.54. The number of halogens is 2. The monoisotopic (exact) mass is 600 g/mol. The Morgan fingerprint density at radius 1 is 1.21 bits per heavy atom. The van der Waals surface area contributed by atoms with E-state index in [0.717, 1.165) is 6.08 Å². The smallest absolute Gasteiger partial charge is 0.414 e. The number of hydrogen-bond donors (Lipinski definition) is 2. The summed E-state index contributed by atoms with van der Waals surface area (Å²) in [6.07, 6.45) is 4.84. The standard InChI is InChI=1S/C27H30F2N8O6/c1-16(32-23(38)21-15-36-7-3-6-30-25(36)33-21)24(39)35-10-8-34(9-11-35)22-19(28)5-4-17(12-20(22)29)37-14-18(43-27(37)41)13-31-26(40)42-2/h3-4,6-7,12,15-16,18H,5,8-11,13-14H2,1-2H3,(H,31,40)(H,32,38). The van der Waals surface area contributed by atoms with Gasteiger partial charge in [0.25, 0.3) is 5.91 Å². The van der Waals surface area contributed by atoms with Gasteiger partial charge in [-0.15, -0.1) is 0 Å². The molecule has 0 aromatic carbocycles. The molecule has 4 heterocycles. The molecule has 0 bridgehead atoms. The van der Waals surface area contributed by atoms with E-state index in [1.54, 1.807) is 29.8 Å². The molecule has 4 amide bonds. The number of amides is 4. The second kappa shape index (κ2) is 12.5. The summed E-state index contributed by atoms with van der Waals surface area (Å²) in [5.74, 6) is -2.10. The van der Waals surface area contributed by atoms with Gasteiger partial charge >= 0.3 is 12.2 Å². The summed E-state index contributed by atoms with van der Waals surface area (Å²) < 4.78 is 41.9. The highest BCUT2D eigenvalue weighted by Crippen LogP contribution is 2.32. The van der Waals surface area contributed by atoms with Gasteiger partial charge in [-0.1, -0.05) is 6.08 Å². The minimum Gasteiger partial charge on any atom is -0.453 e. The van der Waals surface area contributed by atoms with Crippen LogP contribution in [-0.4, -0.2) is 112 Å². The van der Waals surface area contributed by atoms with Crippen LogP contribution < -0.4 is 10.6 Å². The van der Waals surface area contributed by atoms with E-state index in [9.17, 15) is 19.2 Å². The van der Waals surface area contributed by atoms with E-state index in [1.165, 1.54) is 34.1 Å². The lowest BCUT2D eigenvalue weighted by atomic mass is 10.2. The van der Waals surface area contributed by atoms with Crippen molar-refractivity contribution in [1.82, 2.24) is 39.7 Å².